The number of nitrogens with one attached hydrogen (secondary N) is 2. The van der Waals surface area contributed by atoms with Crippen molar-refractivity contribution in [2.45, 2.75) is 4.90 Å². The van der Waals surface area contributed by atoms with Gasteiger partial charge in [0.25, 0.3) is 0 Å². The van der Waals surface area contributed by atoms with Gasteiger partial charge in [0.2, 0.25) is 5.91 Å². The second-order valence-electron chi connectivity index (χ2n) is 4.31. The van der Waals surface area contributed by atoms with E-state index in [4.69, 9.17) is 0 Å². The Hall–Kier alpha value is -1.72. The Balaban J connectivity index is 2.06. The second kappa shape index (κ2) is 5.73. The first kappa shape index (κ1) is 13.3. The number of rotatable bonds is 4. The first-order valence-electron chi connectivity index (χ1n) is 6.27. The fourth-order valence-electron chi connectivity index (χ4n) is 2.07. The normalized spacial score (nSPS) is 10.8. The molecule has 0 unspecified atom stereocenters. The topological polar surface area (TPSA) is 44.9 Å². The molecule has 5 heteroatoms. The van der Waals surface area contributed by atoms with Crippen LogP contribution in [0.2, 0.25) is 0 Å². The number of fused-ring (bicyclic) bond motifs is 1. The molecule has 0 radical (unpaired) electrons. The Morgan fingerprint density at radius 2 is 2.15 bits per heavy atom. The number of aromatic amines is 1. The van der Waals surface area contributed by atoms with Crippen molar-refractivity contribution < 1.29 is 4.79 Å². The van der Waals surface area contributed by atoms with Crippen molar-refractivity contribution in [1.82, 2.24) is 10.3 Å². The number of aromatic nitrogens is 1. The van der Waals surface area contributed by atoms with E-state index in [2.05, 4.69) is 33.9 Å². The summed E-state index contributed by atoms with van der Waals surface area (Å²) >= 11 is 3.28. The number of para-hydroxylation sites is 1. The molecule has 0 aliphatic carbocycles. The summed E-state index contributed by atoms with van der Waals surface area (Å²) in [5, 5.41) is 5.90. The first-order valence-corrected chi connectivity index (χ1v) is 8.14. The first-order chi connectivity index (χ1) is 9.79. The van der Waals surface area contributed by atoms with E-state index in [1.807, 2.05) is 18.2 Å². The van der Waals surface area contributed by atoms with Gasteiger partial charge in [0, 0.05) is 22.8 Å². The lowest BCUT2D eigenvalue weighted by atomic mass is 10.2. The molecule has 2 N–H and O–H groups in total. The lowest BCUT2D eigenvalue weighted by Gasteiger charge is -2.02. The number of hydrogen-bond acceptors (Lipinski definition) is 3. The molecule has 102 valence electrons. The van der Waals surface area contributed by atoms with Crippen LogP contribution in [0.5, 0.6) is 0 Å². The van der Waals surface area contributed by atoms with E-state index in [-0.39, 0.29) is 5.91 Å². The van der Waals surface area contributed by atoms with E-state index in [0.29, 0.717) is 5.75 Å². The molecule has 0 saturated heterocycles. The van der Waals surface area contributed by atoms with Crippen LogP contribution in [-0.4, -0.2) is 23.7 Å². The third kappa shape index (κ3) is 2.46. The maximum absolute atomic E-state index is 11.5. The van der Waals surface area contributed by atoms with E-state index in [9.17, 15) is 4.79 Å². The standard InChI is InChI=1S/C15H14N2OS2/c1-16-13(18)9-20-15-10-5-2-3-6-11(10)17-14(15)12-7-4-8-19-12/h2-8,17H,9H2,1H3,(H,16,18). The molecule has 0 fully saturated rings. The highest BCUT2D eigenvalue weighted by atomic mass is 32.2. The third-order valence-corrected chi connectivity index (χ3v) is 5.06. The third-order valence-electron chi connectivity index (χ3n) is 3.05. The number of amides is 1. The molecule has 20 heavy (non-hydrogen) atoms. The quantitative estimate of drug-likeness (QED) is 0.721. The molecular weight excluding hydrogens is 288 g/mol. The number of carbonyl (C=O) groups excluding carboxylic acids is 1. The van der Waals surface area contributed by atoms with E-state index in [0.717, 1.165) is 16.1 Å². The second-order valence-corrected chi connectivity index (χ2v) is 6.25. The predicted octanol–water partition coefficient (Wildman–Crippen LogP) is 3.73. The van der Waals surface area contributed by atoms with E-state index < -0.39 is 0 Å². The van der Waals surface area contributed by atoms with E-state index >= 15 is 0 Å². The molecule has 0 atom stereocenters. The molecule has 2 heterocycles. The SMILES string of the molecule is CNC(=O)CSc1c(-c2cccs2)[nH]c2ccccc12. The monoisotopic (exact) mass is 302 g/mol. The summed E-state index contributed by atoms with van der Waals surface area (Å²) < 4.78 is 0. The number of hydrogen-bond donors (Lipinski definition) is 2. The van der Waals surface area contributed by atoms with Gasteiger partial charge in [-0.25, -0.2) is 0 Å². The molecule has 0 bridgehead atoms. The van der Waals surface area contributed by atoms with Crippen molar-refractivity contribution in [3.63, 3.8) is 0 Å². The van der Waals surface area contributed by atoms with Crippen LogP contribution in [-0.2, 0) is 4.79 Å². The molecule has 1 amide bonds. The van der Waals surface area contributed by atoms with E-state index in [1.165, 1.54) is 10.3 Å². The molecule has 0 saturated carbocycles. The van der Waals surface area contributed by atoms with Gasteiger partial charge in [0.05, 0.1) is 16.3 Å². The molecule has 0 spiro atoms. The van der Waals surface area contributed by atoms with Crippen molar-refractivity contribution >= 4 is 39.9 Å². The van der Waals surface area contributed by atoms with E-state index in [1.54, 1.807) is 30.1 Å². The van der Waals surface area contributed by atoms with Crippen molar-refractivity contribution in [2.75, 3.05) is 12.8 Å². The van der Waals surface area contributed by atoms with Crippen LogP contribution in [0.3, 0.4) is 0 Å². The zero-order valence-electron chi connectivity index (χ0n) is 11.0. The number of benzene rings is 1. The highest BCUT2D eigenvalue weighted by Gasteiger charge is 2.15. The van der Waals surface area contributed by atoms with Crippen LogP contribution in [0.4, 0.5) is 0 Å². The number of thiophene rings is 1. The Labute approximate surface area is 125 Å². The number of carbonyl (C=O) groups is 1. The molecule has 3 rings (SSSR count). The molecule has 3 nitrogen and oxygen atoms in total. The Bertz CT molecular complexity index is 732. The maximum Gasteiger partial charge on any atom is 0.230 e. The van der Waals surface area contributed by atoms with Crippen LogP contribution >= 0.6 is 23.1 Å². The van der Waals surface area contributed by atoms with Crippen molar-refractivity contribution in [3.8, 4) is 10.6 Å². The number of thioether (sulfide) groups is 1. The Kier molecular flexibility index (Phi) is 3.80. The minimum atomic E-state index is 0.0393. The lowest BCUT2D eigenvalue weighted by molar-refractivity contribution is -0.118. The Morgan fingerprint density at radius 3 is 2.90 bits per heavy atom. The van der Waals surface area contributed by atoms with Crippen molar-refractivity contribution in [2.24, 2.45) is 0 Å². The summed E-state index contributed by atoms with van der Waals surface area (Å²) in [6.07, 6.45) is 0. The van der Waals surface area contributed by atoms with Gasteiger partial charge in [0.15, 0.2) is 0 Å². The summed E-state index contributed by atoms with van der Waals surface area (Å²) in [5.41, 5.74) is 2.21. The zero-order valence-corrected chi connectivity index (χ0v) is 12.6. The van der Waals surface area contributed by atoms with Crippen molar-refractivity contribution in [3.05, 3.63) is 41.8 Å². The average molecular weight is 302 g/mol. The van der Waals surface area contributed by atoms with Crippen LogP contribution in [0.1, 0.15) is 0 Å². The fourth-order valence-corrected chi connectivity index (χ4v) is 3.93. The summed E-state index contributed by atoms with van der Waals surface area (Å²) in [6.45, 7) is 0. The van der Waals surface area contributed by atoms with Crippen molar-refractivity contribution in [1.29, 1.82) is 0 Å². The predicted molar refractivity (Wildman–Crippen MR) is 86.4 cm³/mol. The smallest absolute Gasteiger partial charge is 0.230 e. The summed E-state index contributed by atoms with van der Waals surface area (Å²) in [6, 6.07) is 12.3. The van der Waals surface area contributed by atoms with Crippen LogP contribution < -0.4 is 5.32 Å². The summed E-state index contributed by atoms with van der Waals surface area (Å²) in [4.78, 5) is 17.3. The van der Waals surface area contributed by atoms with Gasteiger partial charge in [-0.05, 0) is 17.5 Å². The molecule has 2 aromatic heterocycles. The van der Waals surface area contributed by atoms with Crippen LogP contribution in [0.25, 0.3) is 21.5 Å². The Morgan fingerprint density at radius 1 is 1.30 bits per heavy atom. The maximum atomic E-state index is 11.5. The molecule has 0 aliphatic rings. The minimum absolute atomic E-state index is 0.0393. The highest BCUT2D eigenvalue weighted by Crippen LogP contribution is 2.39. The van der Waals surface area contributed by atoms with Crippen LogP contribution in [0.15, 0.2) is 46.7 Å². The van der Waals surface area contributed by atoms with Gasteiger partial charge < -0.3 is 10.3 Å². The molecule has 0 aliphatic heterocycles. The molecule has 3 aromatic rings. The summed E-state index contributed by atoms with van der Waals surface area (Å²) in [5.74, 6) is 0.467. The van der Waals surface area contributed by atoms with Gasteiger partial charge in [-0.1, -0.05) is 24.3 Å². The molecular formula is C15H14N2OS2. The van der Waals surface area contributed by atoms with Gasteiger partial charge in [-0.2, -0.15) is 0 Å². The van der Waals surface area contributed by atoms with Gasteiger partial charge >= 0.3 is 0 Å². The average Bonchev–Trinajstić information content (AvgIpc) is 3.11. The summed E-state index contributed by atoms with van der Waals surface area (Å²) in [7, 11) is 1.66. The van der Waals surface area contributed by atoms with Gasteiger partial charge in [-0.15, -0.1) is 23.1 Å². The number of H-pyrrole nitrogens is 1. The van der Waals surface area contributed by atoms with Gasteiger partial charge in [0.1, 0.15) is 0 Å². The zero-order chi connectivity index (χ0) is 13.9. The minimum Gasteiger partial charge on any atom is -0.358 e. The van der Waals surface area contributed by atoms with Crippen LogP contribution in [0, 0.1) is 0 Å². The highest BCUT2D eigenvalue weighted by molar-refractivity contribution is 8.00. The lowest BCUT2D eigenvalue weighted by Crippen LogP contribution is -2.19. The molecule has 1 aromatic carbocycles. The largest absolute Gasteiger partial charge is 0.358 e. The van der Waals surface area contributed by atoms with Gasteiger partial charge in [-0.3, -0.25) is 4.79 Å². The fraction of sp³-hybridized carbons (Fsp3) is 0.133.